The van der Waals surface area contributed by atoms with Crippen LogP contribution in [-0.2, 0) is 18.5 Å². The molecular weight excluding hydrogens is 414 g/mol. The first-order valence-electron chi connectivity index (χ1n) is 11.8. The third kappa shape index (κ3) is 4.21. The van der Waals surface area contributed by atoms with Crippen molar-refractivity contribution in [2.75, 3.05) is 13.7 Å². The first-order chi connectivity index (χ1) is 15.3. The zero-order chi connectivity index (χ0) is 22.5. The Kier molecular flexibility index (Phi) is 5.59. The fraction of sp³-hybridized carbons (Fsp3) is 0.520. The van der Waals surface area contributed by atoms with E-state index in [0.717, 1.165) is 24.2 Å². The van der Waals surface area contributed by atoms with Crippen molar-refractivity contribution in [3.8, 4) is 11.1 Å². The lowest BCUT2D eigenvalue weighted by Gasteiger charge is -2.30. The van der Waals surface area contributed by atoms with Crippen molar-refractivity contribution in [2.45, 2.75) is 63.8 Å². The average Bonchev–Trinajstić information content (AvgIpc) is 3.37. The Morgan fingerprint density at radius 2 is 1.94 bits per heavy atom. The van der Waals surface area contributed by atoms with Crippen molar-refractivity contribution in [3.63, 3.8) is 0 Å². The highest BCUT2D eigenvalue weighted by Crippen LogP contribution is 2.39. The second kappa shape index (κ2) is 8.28. The van der Waals surface area contributed by atoms with Gasteiger partial charge in [-0.25, -0.2) is 4.98 Å². The third-order valence-electron chi connectivity index (χ3n) is 7.07. The smallest absolute Gasteiger partial charge is 0.142 e. The lowest BCUT2D eigenvalue weighted by molar-refractivity contribution is 0.0899. The van der Waals surface area contributed by atoms with Crippen molar-refractivity contribution in [3.05, 3.63) is 42.5 Å². The van der Waals surface area contributed by atoms with Gasteiger partial charge in [-0.15, -0.1) is 0 Å². The summed E-state index contributed by atoms with van der Waals surface area (Å²) in [6.07, 6.45) is 14.4. The molecule has 3 aromatic heterocycles. The van der Waals surface area contributed by atoms with Gasteiger partial charge >= 0.3 is 0 Å². The van der Waals surface area contributed by atoms with E-state index in [1.807, 2.05) is 17.9 Å². The molecule has 0 spiro atoms. The molecule has 1 saturated heterocycles. The third-order valence-corrected chi connectivity index (χ3v) is 8.78. The van der Waals surface area contributed by atoms with E-state index in [2.05, 4.69) is 72.0 Å². The second-order valence-corrected chi connectivity index (χ2v) is 16.3. The molecule has 7 heteroatoms. The predicted molar refractivity (Wildman–Crippen MR) is 133 cm³/mol. The van der Waals surface area contributed by atoms with Gasteiger partial charge in [0.2, 0.25) is 0 Å². The molecule has 0 aromatic carbocycles. The van der Waals surface area contributed by atoms with Crippen LogP contribution in [0.2, 0.25) is 25.7 Å². The van der Waals surface area contributed by atoms with Gasteiger partial charge in [-0.2, -0.15) is 5.10 Å². The van der Waals surface area contributed by atoms with Gasteiger partial charge in [-0.05, 0) is 49.6 Å². The molecule has 2 aliphatic rings. The Bertz CT molecular complexity index is 1150. The van der Waals surface area contributed by atoms with Crippen LogP contribution in [0, 0.1) is 0 Å². The molecule has 2 unspecified atom stereocenters. The summed E-state index contributed by atoms with van der Waals surface area (Å²) in [7, 11) is 3.12. The summed E-state index contributed by atoms with van der Waals surface area (Å²) < 4.78 is 10.1. The quantitative estimate of drug-likeness (QED) is 0.376. The van der Waals surface area contributed by atoms with E-state index in [1.54, 1.807) is 0 Å². The number of fused-ring (bicyclic) bond motifs is 3. The molecule has 5 rings (SSSR count). The number of pyridine rings is 1. The normalized spacial score (nSPS) is 21.5. The maximum atomic E-state index is 6.07. The summed E-state index contributed by atoms with van der Waals surface area (Å²) in [5, 5.41) is 5.58. The number of aryl methyl sites for hydroxylation is 1. The minimum atomic E-state index is -1.10. The van der Waals surface area contributed by atoms with Gasteiger partial charge in [0.1, 0.15) is 12.4 Å². The van der Waals surface area contributed by atoms with Crippen molar-refractivity contribution in [1.29, 1.82) is 0 Å². The fourth-order valence-electron chi connectivity index (χ4n) is 5.03. The summed E-state index contributed by atoms with van der Waals surface area (Å²) in [4.78, 5) is 7.47. The molecule has 1 fully saturated rings. The van der Waals surface area contributed by atoms with E-state index >= 15 is 0 Å². The lowest BCUT2D eigenvalue weighted by atomic mass is 9.95. The van der Waals surface area contributed by atoms with Crippen molar-refractivity contribution >= 4 is 24.7 Å². The van der Waals surface area contributed by atoms with E-state index in [1.165, 1.54) is 41.0 Å². The molecule has 0 saturated carbocycles. The van der Waals surface area contributed by atoms with Crippen LogP contribution in [0.5, 0.6) is 0 Å². The molecular formula is C25H35N5OSi. The van der Waals surface area contributed by atoms with Crippen LogP contribution in [-0.4, -0.2) is 58.0 Å². The molecule has 0 amide bonds. The summed E-state index contributed by atoms with van der Waals surface area (Å²) in [6, 6.07) is 4.74. The highest BCUT2D eigenvalue weighted by molar-refractivity contribution is 6.76. The van der Waals surface area contributed by atoms with E-state index in [-0.39, 0.29) is 0 Å². The van der Waals surface area contributed by atoms with Gasteiger partial charge < -0.3 is 9.30 Å². The van der Waals surface area contributed by atoms with E-state index in [9.17, 15) is 0 Å². The Labute approximate surface area is 191 Å². The molecule has 2 bridgehead atoms. The largest absolute Gasteiger partial charge is 0.361 e. The topological polar surface area (TPSA) is 48.1 Å². The number of nitrogens with zero attached hydrogens (tertiary/aromatic N) is 5. The summed E-state index contributed by atoms with van der Waals surface area (Å²) in [5.74, 6) is 0. The minimum Gasteiger partial charge on any atom is -0.361 e. The number of likely N-dealkylation sites (N-methyl/N-ethyl adjacent to an activating group) is 1. The second-order valence-electron chi connectivity index (χ2n) is 10.7. The SMILES string of the molecule is CN1C2C=C(c3cnc4c(c3)c(-c3cnn(C)c3)cn4COCC[Si](C)(C)C)CC1CC2. The van der Waals surface area contributed by atoms with Crippen LogP contribution in [0.15, 0.2) is 36.9 Å². The van der Waals surface area contributed by atoms with Gasteiger partial charge in [-0.3, -0.25) is 9.58 Å². The molecule has 32 heavy (non-hydrogen) atoms. The predicted octanol–water partition coefficient (Wildman–Crippen LogP) is 5.00. The van der Waals surface area contributed by atoms with Gasteiger partial charge in [0.15, 0.2) is 0 Å². The average molecular weight is 450 g/mol. The summed E-state index contributed by atoms with van der Waals surface area (Å²) >= 11 is 0. The highest BCUT2D eigenvalue weighted by Gasteiger charge is 2.34. The first kappa shape index (κ1) is 21.6. The van der Waals surface area contributed by atoms with Crippen LogP contribution in [0.4, 0.5) is 0 Å². The van der Waals surface area contributed by atoms with Crippen molar-refractivity contribution in [1.82, 2.24) is 24.2 Å². The Hall–Kier alpha value is -2.22. The zero-order valence-electron chi connectivity index (χ0n) is 20.0. The first-order valence-corrected chi connectivity index (χ1v) is 15.5. The molecule has 170 valence electrons. The molecule has 2 aliphatic heterocycles. The van der Waals surface area contributed by atoms with Crippen molar-refractivity contribution in [2.24, 2.45) is 7.05 Å². The van der Waals surface area contributed by atoms with Crippen LogP contribution in [0.25, 0.3) is 27.7 Å². The van der Waals surface area contributed by atoms with Gasteiger partial charge in [0, 0.05) is 68.9 Å². The van der Waals surface area contributed by atoms with Crippen LogP contribution < -0.4 is 0 Å². The van der Waals surface area contributed by atoms with Crippen LogP contribution >= 0.6 is 0 Å². The Morgan fingerprint density at radius 1 is 1.09 bits per heavy atom. The number of aromatic nitrogens is 4. The fourth-order valence-corrected chi connectivity index (χ4v) is 5.79. The maximum Gasteiger partial charge on any atom is 0.142 e. The van der Waals surface area contributed by atoms with Crippen LogP contribution in [0.1, 0.15) is 24.8 Å². The minimum absolute atomic E-state index is 0.533. The molecule has 0 radical (unpaired) electrons. The number of hydrogen-bond acceptors (Lipinski definition) is 4. The maximum absolute atomic E-state index is 6.07. The zero-order valence-corrected chi connectivity index (χ0v) is 21.0. The van der Waals surface area contributed by atoms with Crippen molar-refractivity contribution < 1.29 is 4.74 Å². The number of ether oxygens (including phenoxy) is 1. The molecule has 5 heterocycles. The Balaban J connectivity index is 1.49. The molecule has 6 nitrogen and oxygen atoms in total. The van der Waals surface area contributed by atoms with Crippen LogP contribution in [0.3, 0.4) is 0 Å². The van der Waals surface area contributed by atoms with E-state index < -0.39 is 8.07 Å². The molecule has 3 aromatic rings. The van der Waals surface area contributed by atoms with Gasteiger partial charge in [0.05, 0.1) is 6.20 Å². The number of hydrogen-bond donors (Lipinski definition) is 0. The molecule has 0 aliphatic carbocycles. The summed E-state index contributed by atoms with van der Waals surface area (Å²) in [6.45, 7) is 8.49. The van der Waals surface area contributed by atoms with Gasteiger partial charge in [-0.1, -0.05) is 25.7 Å². The van der Waals surface area contributed by atoms with Gasteiger partial charge in [0.25, 0.3) is 0 Å². The van der Waals surface area contributed by atoms with E-state index in [4.69, 9.17) is 9.72 Å². The molecule has 0 N–H and O–H groups in total. The molecule has 2 atom stereocenters. The standard InChI is InChI=1S/C25H35N5OSi/c1-28-15-20(14-27-28)24-16-30(17-31-8-9-32(3,4)5)25-23(24)12-19(13-26-25)18-10-21-6-7-22(11-18)29(21)2/h10,12-16,21-22H,6-9,11,17H2,1-5H3. The number of rotatable bonds is 7. The summed E-state index contributed by atoms with van der Waals surface area (Å²) in [5.41, 5.74) is 5.98. The monoisotopic (exact) mass is 449 g/mol. The lowest BCUT2D eigenvalue weighted by Crippen LogP contribution is -2.34. The Morgan fingerprint density at radius 3 is 2.66 bits per heavy atom. The highest BCUT2D eigenvalue weighted by atomic mass is 28.3. The van der Waals surface area contributed by atoms with E-state index in [0.29, 0.717) is 18.8 Å².